The first-order chi connectivity index (χ1) is 32.3. The number of hydrogen-bond acceptors (Lipinski definition) is 10. The van der Waals surface area contributed by atoms with Gasteiger partial charge in [0.2, 0.25) is 0 Å². The molecule has 0 radical (unpaired) electrons. The minimum absolute atomic E-state index is 0.00961. The summed E-state index contributed by atoms with van der Waals surface area (Å²) in [4.78, 5) is 24.4. The fraction of sp³-hybridized carbons (Fsp3) is 0.263. The van der Waals surface area contributed by atoms with Gasteiger partial charge >= 0.3 is 11.9 Å². The van der Waals surface area contributed by atoms with Crippen LogP contribution in [0.2, 0.25) is 0 Å². The number of azo groups is 2. The van der Waals surface area contributed by atoms with Crippen LogP contribution in [0.1, 0.15) is 88.7 Å². The Bertz CT molecular complexity index is 2900. The minimum Gasteiger partial charge on any atom is -0.494 e. The van der Waals surface area contributed by atoms with E-state index in [4.69, 9.17) is 24.4 Å². The number of hydrogen-bond donors (Lipinski definition) is 1. The summed E-state index contributed by atoms with van der Waals surface area (Å²) in [5.41, 5.74) is 7.27. The van der Waals surface area contributed by atoms with Crippen molar-refractivity contribution in [2.45, 2.75) is 79.2 Å². The third-order valence-electron chi connectivity index (χ3n) is 12.4. The van der Waals surface area contributed by atoms with E-state index in [0.29, 0.717) is 42.4 Å². The SMILES string of the molecule is C=C(C)C(=O)OCCCCCCOc1ccc(C(=O)Oc2ccc(CNc3ccc(N=Nc4ccc(N=Nc5ccc(C(C)(C)C(C)(C)C)cc5)c5ccccc45)c4ccccc34)cc2)cc1. The van der Waals surface area contributed by atoms with Gasteiger partial charge in [-0.1, -0.05) is 114 Å². The summed E-state index contributed by atoms with van der Waals surface area (Å²) >= 11 is 0. The predicted molar refractivity (Wildman–Crippen MR) is 270 cm³/mol. The number of nitrogens with zero attached hydrogens (tertiary/aromatic N) is 4. The number of benzene rings is 7. The van der Waals surface area contributed by atoms with Crippen LogP contribution in [0.3, 0.4) is 0 Å². The molecule has 67 heavy (non-hydrogen) atoms. The van der Waals surface area contributed by atoms with E-state index < -0.39 is 5.97 Å². The van der Waals surface area contributed by atoms with Crippen molar-refractivity contribution in [2.75, 3.05) is 18.5 Å². The highest BCUT2D eigenvalue weighted by Crippen LogP contribution is 2.42. The molecule has 0 bridgehead atoms. The molecule has 7 aromatic rings. The fourth-order valence-corrected chi connectivity index (χ4v) is 7.32. The summed E-state index contributed by atoms with van der Waals surface area (Å²) in [6.07, 6.45) is 3.58. The van der Waals surface area contributed by atoms with Gasteiger partial charge in [-0.05, 0) is 127 Å². The summed E-state index contributed by atoms with van der Waals surface area (Å²) in [6.45, 7) is 18.1. The van der Waals surface area contributed by atoms with Gasteiger partial charge < -0.3 is 19.5 Å². The molecule has 10 nitrogen and oxygen atoms in total. The van der Waals surface area contributed by atoms with E-state index in [2.05, 4.69) is 81.0 Å². The molecule has 0 fully saturated rings. The number of carbonyl (C=O) groups is 2. The summed E-state index contributed by atoms with van der Waals surface area (Å²) < 4.78 is 16.6. The van der Waals surface area contributed by atoms with Crippen LogP contribution in [-0.2, 0) is 21.5 Å². The van der Waals surface area contributed by atoms with Gasteiger partial charge in [0.25, 0.3) is 0 Å². The lowest BCUT2D eigenvalue weighted by Gasteiger charge is -2.39. The van der Waals surface area contributed by atoms with Crippen molar-refractivity contribution in [1.29, 1.82) is 0 Å². The zero-order chi connectivity index (χ0) is 47.4. The normalized spacial score (nSPS) is 11.9. The molecule has 0 aromatic heterocycles. The highest BCUT2D eigenvalue weighted by molar-refractivity contribution is 6.02. The fourth-order valence-electron chi connectivity index (χ4n) is 7.32. The Balaban J connectivity index is 0.924. The topological polar surface area (TPSA) is 123 Å². The molecule has 0 saturated heterocycles. The van der Waals surface area contributed by atoms with Crippen LogP contribution < -0.4 is 14.8 Å². The Morgan fingerprint density at radius 2 is 1.09 bits per heavy atom. The molecule has 0 aliphatic heterocycles. The smallest absolute Gasteiger partial charge is 0.343 e. The molecule has 0 saturated carbocycles. The molecule has 342 valence electrons. The first kappa shape index (κ1) is 47.5. The molecule has 0 heterocycles. The van der Waals surface area contributed by atoms with Gasteiger partial charge in [-0.15, -0.1) is 15.3 Å². The van der Waals surface area contributed by atoms with Gasteiger partial charge in [0.1, 0.15) is 11.5 Å². The lowest BCUT2D eigenvalue weighted by molar-refractivity contribution is -0.139. The number of unbranched alkanes of at least 4 members (excludes halogenated alkanes) is 3. The Morgan fingerprint density at radius 1 is 0.567 bits per heavy atom. The largest absolute Gasteiger partial charge is 0.494 e. The van der Waals surface area contributed by atoms with Gasteiger partial charge in [0.15, 0.2) is 0 Å². The highest BCUT2D eigenvalue weighted by Gasteiger charge is 2.34. The third-order valence-corrected chi connectivity index (χ3v) is 12.4. The third kappa shape index (κ3) is 12.3. The molecule has 0 amide bonds. The van der Waals surface area contributed by atoms with Crippen LogP contribution in [0.15, 0.2) is 178 Å². The average molecular weight is 894 g/mol. The molecule has 0 aliphatic rings. The number of nitrogens with one attached hydrogen (secondary N) is 1. The summed E-state index contributed by atoms with van der Waals surface area (Å²) in [5, 5.41) is 26.2. The van der Waals surface area contributed by atoms with Crippen LogP contribution >= 0.6 is 0 Å². The molecular weight excluding hydrogens is 835 g/mol. The molecular formula is C57H59N5O5. The number of rotatable bonds is 19. The zero-order valence-corrected chi connectivity index (χ0v) is 39.3. The quantitative estimate of drug-likeness (QED) is 0.0283. The Morgan fingerprint density at radius 3 is 1.67 bits per heavy atom. The maximum absolute atomic E-state index is 12.9. The van der Waals surface area contributed by atoms with Crippen LogP contribution in [0.5, 0.6) is 11.5 Å². The van der Waals surface area contributed by atoms with Crippen LogP contribution in [0.25, 0.3) is 21.5 Å². The Hall–Kier alpha value is -7.46. The number of ether oxygens (including phenoxy) is 3. The molecule has 10 heteroatoms. The van der Waals surface area contributed by atoms with Gasteiger partial charge in [-0.25, -0.2) is 9.59 Å². The van der Waals surface area contributed by atoms with E-state index >= 15 is 0 Å². The second-order valence-corrected chi connectivity index (χ2v) is 18.2. The summed E-state index contributed by atoms with van der Waals surface area (Å²) in [5.74, 6) is 0.346. The molecule has 1 N–H and O–H groups in total. The maximum atomic E-state index is 12.9. The number of fused-ring (bicyclic) bond motifs is 2. The van der Waals surface area contributed by atoms with Crippen LogP contribution in [-0.4, -0.2) is 25.2 Å². The molecule has 7 aromatic carbocycles. The maximum Gasteiger partial charge on any atom is 0.343 e. The number of anilines is 1. The van der Waals surface area contributed by atoms with E-state index in [1.54, 1.807) is 43.3 Å². The van der Waals surface area contributed by atoms with Crippen molar-refractivity contribution in [3.63, 3.8) is 0 Å². The van der Waals surface area contributed by atoms with Crippen molar-refractivity contribution in [3.05, 3.63) is 174 Å². The monoisotopic (exact) mass is 893 g/mol. The average Bonchev–Trinajstić information content (AvgIpc) is 3.33. The summed E-state index contributed by atoms with van der Waals surface area (Å²) in [6, 6.07) is 46.9. The molecule has 0 atom stereocenters. The lowest BCUT2D eigenvalue weighted by atomic mass is 9.65. The number of carbonyl (C=O) groups excluding carboxylic acids is 2. The standard InChI is InChI=1S/C57H59N5O5/c1-39(2)54(63)66-37-15-9-8-14-36-65-44-30-22-41(23-31-44)55(64)67-45-28-20-40(21-29-45)38-58-50-32-33-52(47-17-11-10-16-46(47)50)61-62-53-35-34-51(48-18-12-13-19-49(48)53)60-59-43-26-24-42(25-27-43)57(6,7)56(3,4)5/h10-13,16-35,58H,1,8-9,14-15,36-38H2,2-7H3. The summed E-state index contributed by atoms with van der Waals surface area (Å²) in [7, 11) is 0. The van der Waals surface area contributed by atoms with Gasteiger partial charge in [0, 0.05) is 39.4 Å². The minimum atomic E-state index is -0.446. The van der Waals surface area contributed by atoms with Crippen molar-refractivity contribution >= 4 is 61.9 Å². The van der Waals surface area contributed by atoms with Gasteiger partial charge in [-0.3, -0.25) is 0 Å². The molecule has 0 spiro atoms. The Kier molecular flexibility index (Phi) is 15.4. The first-order valence-corrected chi connectivity index (χ1v) is 22.8. The van der Waals surface area contributed by atoms with E-state index in [1.165, 1.54) is 5.56 Å². The molecule has 0 unspecified atom stereocenters. The second-order valence-electron chi connectivity index (χ2n) is 18.2. The van der Waals surface area contributed by atoms with Gasteiger partial charge in [0.05, 0.1) is 41.5 Å². The van der Waals surface area contributed by atoms with E-state index in [-0.39, 0.29) is 16.8 Å². The highest BCUT2D eigenvalue weighted by atomic mass is 16.5. The van der Waals surface area contributed by atoms with Crippen molar-refractivity contribution < 1.29 is 23.8 Å². The molecule has 0 aliphatic carbocycles. The first-order valence-electron chi connectivity index (χ1n) is 22.8. The van der Waals surface area contributed by atoms with Crippen LogP contribution in [0, 0.1) is 5.41 Å². The lowest BCUT2D eigenvalue weighted by Crippen LogP contribution is -2.33. The predicted octanol–water partition coefficient (Wildman–Crippen LogP) is 16.0. The van der Waals surface area contributed by atoms with E-state index in [0.717, 1.165) is 81.2 Å². The van der Waals surface area contributed by atoms with E-state index in [9.17, 15) is 9.59 Å². The van der Waals surface area contributed by atoms with Crippen LogP contribution in [0.4, 0.5) is 28.4 Å². The Labute approximate surface area is 393 Å². The van der Waals surface area contributed by atoms with Gasteiger partial charge in [-0.2, -0.15) is 5.11 Å². The van der Waals surface area contributed by atoms with E-state index in [1.807, 2.05) is 84.9 Å². The zero-order valence-electron chi connectivity index (χ0n) is 39.3. The molecule has 7 rings (SSSR count). The number of esters is 2. The van der Waals surface area contributed by atoms with Crippen molar-refractivity contribution in [3.8, 4) is 11.5 Å². The van der Waals surface area contributed by atoms with Crippen molar-refractivity contribution in [2.24, 2.45) is 25.9 Å². The second kappa shape index (κ2) is 21.7. The van der Waals surface area contributed by atoms with Crippen molar-refractivity contribution in [1.82, 2.24) is 0 Å².